The number of nitrogen functional groups attached to an aromatic ring is 1. The van der Waals surface area contributed by atoms with Gasteiger partial charge in [0.25, 0.3) is 0 Å². The molecule has 3 atom stereocenters. The maximum absolute atomic E-state index is 5.44. The van der Waals surface area contributed by atoms with Crippen molar-refractivity contribution in [1.82, 2.24) is 9.97 Å². The first kappa shape index (κ1) is 12.6. The highest BCUT2D eigenvalue weighted by Gasteiger charge is 2.39. The highest BCUT2D eigenvalue weighted by molar-refractivity contribution is 5.47. The zero-order chi connectivity index (χ0) is 13.2. The standard InChI is InChI=1S/C13H21N5O/c1-19-7-13-16-11(6-12(17-13)18-14)15-10-5-8-2-3-9(10)4-8/h6,8-10H,2-5,7,14H2,1H3,(H2,15,16,17,18). The van der Waals surface area contributed by atoms with Gasteiger partial charge in [0.1, 0.15) is 18.2 Å². The molecule has 2 fully saturated rings. The molecule has 1 heterocycles. The third kappa shape index (κ3) is 2.64. The summed E-state index contributed by atoms with van der Waals surface area (Å²) in [5.74, 6) is 9.26. The maximum Gasteiger partial charge on any atom is 0.158 e. The average molecular weight is 263 g/mol. The van der Waals surface area contributed by atoms with Crippen molar-refractivity contribution in [2.45, 2.75) is 38.3 Å². The molecule has 2 bridgehead atoms. The zero-order valence-corrected chi connectivity index (χ0v) is 11.2. The molecule has 0 spiro atoms. The molecule has 2 saturated carbocycles. The van der Waals surface area contributed by atoms with Crippen molar-refractivity contribution in [3.8, 4) is 0 Å². The predicted octanol–water partition coefficient (Wildman–Crippen LogP) is 1.51. The van der Waals surface area contributed by atoms with Gasteiger partial charge in [0.15, 0.2) is 5.82 Å². The van der Waals surface area contributed by atoms with Crippen LogP contribution in [0.1, 0.15) is 31.5 Å². The molecule has 1 aromatic heterocycles. The molecule has 0 saturated heterocycles. The number of hydrazine groups is 1. The number of anilines is 2. The van der Waals surface area contributed by atoms with Crippen LogP contribution in [0.5, 0.6) is 0 Å². The molecule has 6 heteroatoms. The summed E-state index contributed by atoms with van der Waals surface area (Å²) in [6.07, 6.45) is 5.38. The third-order valence-electron chi connectivity index (χ3n) is 4.27. The van der Waals surface area contributed by atoms with Gasteiger partial charge < -0.3 is 15.5 Å². The molecule has 1 aromatic rings. The van der Waals surface area contributed by atoms with Crippen molar-refractivity contribution >= 4 is 11.6 Å². The van der Waals surface area contributed by atoms with Gasteiger partial charge in [-0.2, -0.15) is 0 Å². The summed E-state index contributed by atoms with van der Waals surface area (Å²) in [5.41, 5.74) is 2.58. The van der Waals surface area contributed by atoms with E-state index in [1.54, 1.807) is 7.11 Å². The van der Waals surface area contributed by atoms with Gasteiger partial charge in [0, 0.05) is 19.2 Å². The molecule has 6 nitrogen and oxygen atoms in total. The summed E-state index contributed by atoms with van der Waals surface area (Å²) in [7, 11) is 1.63. The molecule has 3 rings (SSSR count). The van der Waals surface area contributed by atoms with Crippen LogP contribution in [0.15, 0.2) is 6.07 Å². The number of hydrogen-bond donors (Lipinski definition) is 3. The second-order valence-corrected chi connectivity index (χ2v) is 5.56. The molecule has 2 aliphatic carbocycles. The SMILES string of the molecule is COCc1nc(NN)cc(NC2CC3CCC2C3)n1. The van der Waals surface area contributed by atoms with Crippen LogP contribution in [0, 0.1) is 11.8 Å². The number of nitrogens with zero attached hydrogens (tertiary/aromatic N) is 2. The van der Waals surface area contributed by atoms with Crippen molar-refractivity contribution < 1.29 is 4.74 Å². The van der Waals surface area contributed by atoms with Crippen molar-refractivity contribution in [2.24, 2.45) is 17.7 Å². The normalized spacial score (nSPS) is 28.6. The fourth-order valence-corrected chi connectivity index (χ4v) is 3.45. The molecule has 0 radical (unpaired) electrons. The van der Waals surface area contributed by atoms with Crippen LogP contribution in [0.3, 0.4) is 0 Å². The maximum atomic E-state index is 5.44. The van der Waals surface area contributed by atoms with E-state index < -0.39 is 0 Å². The van der Waals surface area contributed by atoms with Crippen LogP contribution in [0.4, 0.5) is 11.6 Å². The molecular formula is C13H21N5O. The van der Waals surface area contributed by atoms with Gasteiger partial charge in [0.2, 0.25) is 0 Å². The Kier molecular flexibility index (Phi) is 3.52. The fourth-order valence-electron chi connectivity index (χ4n) is 3.45. The predicted molar refractivity (Wildman–Crippen MR) is 73.4 cm³/mol. The van der Waals surface area contributed by atoms with Gasteiger partial charge in [-0.05, 0) is 31.1 Å². The van der Waals surface area contributed by atoms with E-state index in [0.29, 0.717) is 24.3 Å². The van der Waals surface area contributed by atoms with Gasteiger partial charge in [0.05, 0.1) is 0 Å². The van der Waals surface area contributed by atoms with Gasteiger partial charge in [-0.1, -0.05) is 6.42 Å². The topological polar surface area (TPSA) is 85.1 Å². The molecule has 104 valence electrons. The summed E-state index contributed by atoms with van der Waals surface area (Å²) in [6, 6.07) is 2.40. The minimum absolute atomic E-state index is 0.390. The van der Waals surface area contributed by atoms with E-state index in [9.17, 15) is 0 Å². The van der Waals surface area contributed by atoms with Crippen LogP contribution in [0.25, 0.3) is 0 Å². The second kappa shape index (κ2) is 5.30. The summed E-state index contributed by atoms with van der Waals surface area (Å²) in [5, 5.41) is 3.54. The first-order chi connectivity index (χ1) is 9.28. The molecule has 0 aliphatic heterocycles. The Morgan fingerprint density at radius 3 is 2.79 bits per heavy atom. The molecule has 0 aromatic carbocycles. The van der Waals surface area contributed by atoms with E-state index in [4.69, 9.17) is 10.6 Å². The number of nitrogens with one attached hydrogen (secondary N) is 2. The lowest BCUT2D eigenvalue weighted by Gasteiger charge is -2.23. The van der Waals surface area contributed by atoms with E-state index in [1.807, 2.05) is 6.07 Å². The van der Waals surface area contributed by atoms with Crippen molar-refractivity contribution in [3.05, 3.63) is 11.9 Å². The molecule has 19 heavy (non-hydrogen) atoms. The molecule has 2 aliphatic rings. The Hall–Kier alpha value is -1.40. The quantitative estimate of drug-likeness (QED) is 0.551. The van der Waals surface area contributed by atoms with Crippen LogP contribution >= 0.6 is 0 Å². The average Bonchev–Trinajstić information content (AvgIpc) is 3.01. The second-order valence-electron chi connectivity index (χ2n) is 5.56. The van der Waals surface area contributed by atoms with E-state index in [-0.39, 0.29) is 0 Å². The third-order valence-corrected chi connectivity index (χ3v) is 4.27. The summed E-state index contributed by atoms with van der Waals surface area (Å²) < 4.78 is 5.08. The summed E-state index contributed by atoms with van der Waals surface area (Å²) in [4.78, 5) is 8.73. The number of rotatable bonds is 5. The smallest absolute Gasteiger partial charge is 0.158 e. The molecule has 0 amide bonds. The Morgan fingerprint density at radius 2 is 2.16 bits per heavy atom. The number of aromatic nitrogens is 2. The first-order valence-corrected chi connectivity index (χ1v) is 6.88. The summed E-state index contributed by atoms with van der Waals surface area (Å²) in [6.45, 7) is 0.390. The van der Waals surface area contributed by atoms with Gasteiger partial charge >= 0.3 is 0 Å². The summed E-state index contributed by atoms with van der Waals surface area (Å²) >= 11 is 0. The van der Waals surface area contributed by atoms with E-state index in [0.717, 1.165) is 17.7 Å². The van der Waals surface area contributed by atoms with Crippen molar-refractivity contribution in [3.63, 3.8) is 0 Å². The zero-order valence-electron chi connectivity index (χ0n) is 11.2. The fraction of sp³-hybridized carbons (Fsp3) is 0.692. The van der Waals surface area contributed by atoms with E-state index in [1.165, 1.54) is 25.7 Å². The minimum atomic E-state index is 0.390. The number of hydrogen-bond acceptors (Lipinski definition) is 6. The lowest BCUT2D eigenvalue weighted by molar-refractivity contribution is 0.178. The van der Waals surface area contributed by atoms with Crippen LogP contribution in [-0.2, 0) is 11.3 Å². The van der Waals surface area contributed by atoms with E-state index in [2.05, 4.69) is 20.7 Å². The largest absolute Gasteiger partial charge is 0.377 e. The highest BCUT2D eigenvalue weighted by atomic mass is 16.5. The Labute approximate surface area is 113 Å². The van der Waals surface area contributed by atoms with Gasteiger partial charge in [-0.25, -0.2) is 15.8 Å². The highest BCUT2D eigenvalue weighted by Crippen LogP contribution is 2.45. The lowest BCUT2D eigenvalue weighted by atomic mass is 9.95. The number of fused-ring (bicyclic) bond motifs is 2. The van der Waals surface area contributed by atoms with Crippen LogP contribution < -0.4 is 16.6 Å². The first-order valence-electron chi connectivity index (χ1n) is 6.88. The number of methoxy groups -OCH3 is 1. The van der Waals surface area contributed by atoms with Crippen molar-refractivity contribution in [2.75, 3.05) is 17.9 Å². The van der Waals surface area contributed by atoms with Crippen LogP contribution in [0.2, 0.25) is 0 Å². The Balaban J connectivity index is 1.74. The number of ether oxygens (including phenoxy) is 1. The number of nitrogens with two attached hydrogens (primary N) is 1. The van der Waals surface area contributed by atoms with Gasteiger partial charge in [-0.15, -0.1) is 0 Å². The monoisotopic (exact) mass is 263 g/mol. The molecule has 4 N–H and O–H groups in total. The van der Waals surface area contributed by atoms with E-state index >= 15 is 0 Å². The Bertz CT molecular complexity index is 453. The van der Waals surface area contributed by atoms with Crippen molar-refractivity contribution in [1.29, 1.82) is 0 Å². The minimum Gasteiger partial charge on any atom is -0.377 e. The Morgan fingerprint density at radius 1 is 1.32 bits per heavy atom. The molecule has 3 unspecified atom stereocenters. The lowest BCUT2D eigenvalue weighted by Crippen LogP contribution is -2.26. The molecular weight excluding hydrogens is 242 g/mol. The van der Waals surface area contributed by atoms with Gasteiger partial charge in [-0.3, -0.25) is 0 Å². The van der Waals surface area contributed by atoms with Crippen LogP contribution in [-0.4, -0.2) is 23.1 Å².